The zero-order chi connectivity index (χ0) is 12.8. The Hall–Kier alpha value is -1.36. The topological polar surface area (TPSA) is 56.3 Å². The lowest BCUT2D eigenvalue weighted by Gasteiger charge is -2.14. The minimum Gasteiger partial charge on any atom is -0.474 e. The second-order valence-corrected chi connectivity index (χ2v) is 4.50. The second kappa shape index (κ2) is 6.54. The molecule has 18 heavy (non-hydrogen) atoms. The number of ether oxygens (including phenoxy) is 2. The van der Waals surface area contributed by atoms with Crippen molar-refractivity contribution in [2.45, 2.75) is 45.3 Å². The first-order valence-corrected chi connectivity index (χ1v) is 6.59. The number of methoxy groups -OCH3 is 1. The minimum atomic E-state index is 0.310. The van der Waals surface area contributed by atoms with Gasteiger partial charge in [0.2, 0.25) is 5.88 Å². The molecule has 0 spiro atoms. The fourth-order valence-electron chi connectivity index (χ4n) is 2.18. The smallest absolute Gasteiger partial charge is 0.219 e. The average molecular weight is 251 g/mol. The standard InChI is InChI=1S/C13H21N3O2/c1-3-14-11-8-13(16-12(15-11)9-17-2)18-10-6-4-5-7-10/h8,10H,3-7,9H2,1-2H3,(H,14,15,16). The van der Waals surface area contributed by atoms with E-state index in [0.29, 0.717) is 24.4 Å². The molecule has 0 radical (unpaired) electrons. The third kappa shape index (κ3) is 3.57. The molecule has 100 valence electrons. The molecular formula is C13H21N3O2. The molecule has 0 aromatic carbocycles. The van der Waals surface area contributed by atoms with E-state index in [1.165, 1.54) is 12.8 Å². The van der Waals surface area contributed by atoms with Crippen molar-refractivity contribution in [3.05, 3.63) is 11.9 Å². The van der Waals surface area contributed by atoms with Crippen LogP contribution in [0.1, 0.15) is 38.4 Å². The molecular weight excluding hydrogens is 230 g/mol. The van der Waals surface area contributed by atoms with Crippen molar-refractivity contribution in [3.8, 4) is 5.88 Å². The van der Waals surface area contributed by atoms with Crippen LogP contribution in [0.3, 0.4) is 0 Å². The van der Waals surface area contributed by atoms with Gasteiger partial charge in [-0.2, -0.15) is 4.98 Å². The van der Waals surface area contributed by atoms with Crippen LogP contribution in [0.5, 0.6) is 5.88 Å². The van der Waals surface area contributed by atoms with Crippen LogP contribution >= 0.6 is 0 Å². The molecule has 0 bridgehead atoms. The van der Waals surface area contributed by atoms with Crippen molar-refractivity contribution in [1.82, 2.24) is 9.97 Å². The van der Waals surface area contributed by atoms with Gasteiger partial charge in [-0.15, -0.1) is 0 Å². The van der Waals surface area contributed by atoms with Crippen LogP contribution in [-0.4, -0.2) is 29.7 Å². The van der Waals surface area contributed by atoms with Crippen LogP contribution in [0.25, 0.3) is 0 Å². The number of rotatable bonds is 6. The Morgan fingerprint density at radius 3 is 2.78 bits per heavy atom. The lowest BCUT2D eigenvalue weighted by molar-refractivity contribution is 0.171. The maximum Gasteiger partial charge on any atom is 0.219 e. The Balaban J connectivity index is 2.10. The molecule has 1 aromatic rings. The summed E-state index contributed by atoms with van der Waals surface area (Å²) in [5.74, 6) is 2.11. The van der Waals surface area contributed by atoms with Crippen LogP contribution in [-0.2, 0) is 11.3 Å². The van der Waals surface area contributed by atoms with Gasteiger partial charge in [0.15, 0.2) is 5.82 Å². The highest BCUT2D eigenvalue weighted by Gasteiger charge is 2.17. The predicted molar refractivity (Wildman–Crippen MR) is 69.8 cm³/mol. The summed E-state index contributed by atoms with van der Waals surface area (Å²) in [7, 11) is 1.64. The van der Waals surface area contributed by atoms with Crippen molar-refractivity contribution >= 4 is 5.82 Å². The van der Waals surface area contributed by atoms with Gasteiger partial charge in [-0.25, -0.2) is 4.98 Å². The van der Waals surface area contributed by atoms with Crippen LogP contribution in [0.4, 0.5) is 5.82 Å². The van der Waals surface area contributed by atoms with Crippen LogP contribution in [0.15, 0.2) is 6.07 Å². The van der Waals surface area contributed by atoms with E-state index in [2.05, 4.69) is 15.3 Å². The van der Waals surface area contributed by atoms with Gasteiger partial charge in [-0.05, 0) is 32.6 Å². The molecule has 5 heteroatoms. The third-order valence-electron chi connectivity index (χ3n) is 2.97. The fourth-order valence-corrected chi connectivity index (χ4v) is 2.18. The molecule has 5 nitrogen and oxygen atoms in total. The molecule has 1 N–H and O–H groups in total. The molecule has 1 heterocycles. The number of nitrogens with one attached hydrogen (secondary N) is 1. The van der Waals surface area contributed by atoms with Gasteiger partial charge in [0.05, 0.1) is 0 Å². The monoisotopic (exact) mass is 251 g/mol. The molecule has 2 rings (SSSR count). The van der Waals surface area contributed by atoms with Gasteiger partial charge in [-0.1, -0.05) is 0 Å². The number of hydrogen-bond donors (Lipinski definition) is 1. The van der Waals surface area contributed by atoms with Crippen molar-refractivity contribution in [1.29, 1.82) is 0 Å². The number of hydrogen-bond acceptors (Lipinski definition) is 5. The Morgan fingerprint density at radius 2 is 2.11 bits per heavy atom. The van der Waals surface area contributed by atoms with E-state index in [0.717, 1.165) is 25.2 Å². The Morgan fingerprint density at radius 1 is 1.33 bits per heavy atom. The molecule has 0 atom stereocenters. The minimum absolute atomic E-state index is 0.310. The Labute approximate surface area is 108 Å². The van der Waals surface area contributed by atoms with Gasteiger partial charge in [-0.3, -0.25) is 0 Å². The molecule has 1 saturated carbocycles. The van der Waals surface area contributed by atoms with Gasteiger partial charge in [0, 0.05) is 19.7 Å². The maximum absolute atomic E-state index is 5.90. The normalized spacial score (nSPS) is 15.9. The van der Waals surface area contributed by atoms with Crippen LogP contribution in [0.2, 0.25) is 0 Å². The van der Waals surface area contributed by atoms with Gasteiger partial charge in [0.25, 0.3) is 0 Å². The van der Waals surface area contributed by atoms with Crippen LogP contribution in [0, 0.1) is 0 Å². The largest absolute Gasteiger partial charge is 0.474 e. The highest BCUT2D eigenvalue weighted by Crippen LogP contribution is 2.24. The lowest BCUT2D eigenvalue weighted by atomic mass is 10.3. The third-order valence-corrected chi connectivity index (χ3v) is 2.97. The zero-order valence-electron chi connectivity index (χ0n) is 11.1. The van der Waals surface area contributed by atoms with E-state index in [9.17, 15) is 0 Å². The summed E-state index contributed by atoms with van der Waals surface area (Å²) in [5.41, 5.74) is 0. The summed E-state index contributed by atoms with van der Waals surface area (Å²) < 4.78 is 11.0. The van der Waals surface area contributed by atoms with E-state index >= 15 is 0 Å². The van der Waals surface area contributed by atoms with Crippen molar-refractivity contribution in [2.75, 3.05) is 19.0 Å². The molecule has 0 amide bonds. The SMILES string of the molecule is CCNc1cc(OC2CCCC2)nc(COC)n1. The fraction of sp³-hybridized carbons (Fsp3) is 0.692. The number of anilines is 1. The van der Waals surface area contributed by atoms with Crippen molar-refractivity contribution in [3.63, 3.8) is 0 Å². The number of aromatic nitrogens is 2. The molecule has 1 aliphatic carbocycles. The summed E-state index contributed by atoms with van der Waals surface area (Å²) in [5, 5.41) is 3.18. The van der Waals surface area contributed by atoms with Crippen LogP contribution < -0.4 is 10.1 Å². The van der Waals surface area contributed by atoms with E-state index < -0.39 is 0 Å². The quantitative estimate of drug-likeness (QED) is 0.841. The summed E-state index contributed by atoms with van der Waals surface area (Å²) >= 11 is 0. The average Bonchev–Trinajstić information content (AvgIpc) is 2.82. The highest BCUT2D eigenvalue weighted by atomic mass is 16.5. The Kier molecular flexibility index (Phi) is 4.75. The predicted octanol–water partition coefficient (Wildman–Crippen LogP) is 2.38. The molecule has 0 unspecified atom stereocenters. The molecule has 0 saturated heterocycles. The van der Waals surface area contributed by atoms with E-state index in [-0.39, 0.29) is 0 Å². The first-order chi connectivity index (χ1) is 8.81. The van der Waals surface area contributed by atoms with Gasteiger partial charge in [0.1, 0.15) is 18.5 Å². The molecule has 0 aliphatic heterocycles. The van der Waals surface area contributed by atoms with Crippen molar-refractivity contribution in [2.24, 2.45) is 0 Å². The molecule has 1 aromatic heterocycles. The van der Waals surface area contributed by atoms with E-state index in [1.54, 1.807) is 7.11 Å². The molecule has 1 aliphatic rings. The Bertz CT molecular complexity index is 354. The second-order valence-electron chi connectivity index (χ2n) is 4.50. The summed E-state index contributed by atoms with van der Waals surface area (Å²) in [4.78, 5) is 8.73. The zero-order valence-corrected chi connectivity index (χ0v) is 11.1. The van der Waals surface area contributed by atoms with Gasteiger partial charge < -0.3 is 14.8 Å². The van der Waals surface area contributed by atoms with E-state index in [1.807, 2.05) is 13.0 Å². The summed E-state index contributed by atoms with van der Waals surface area (Å²) in [6.07, 6.45) is 5.06. The van der Waals surface area contributed by atoms with Crippen molar-refractivity contribution < 1.29 is 9.47 Å². The number of nitrogens with zero attached hydrogens (tertiary/aromatic N) is 2. The molecule has 1 fully saturated rings. The first-order valence-electron chi connectivity index (χ1n) is 6.59. The summed E-state index contributed by atoms with van der Waals surface area (Å²) in [6.45, 7) is 3.27. The first kappa shape index (κ1) is 13.1. The van der Waals surface area contributed by atoms with Gasteiger partial charge >= 0.3 is 0 Å². The summed E-state index contributed by atoms with van der Waals surface area (Å²) in [6, 6.07) is 1.86. The maximum atomic E-state index is 5.90. The highest BCUT2D eigenvalue weighted by molar-refractivity contribution is 5.38. The lowest BCUT2D eigenvalue weighted by Crippen LogP contribution is -2.14. The van der Waals surface area contributed by atoms with E-state index in [4.69, 9.17) is 9.47 Å².